The Hall–Kier alpha value is -1.75. The van der Waals surface area contributed by atoms with E-state index in [4.69, 9.17) is 15.2 Å². The molecule has 1 heterocycles. The van der Waals surface area contributed by atoms with Gasteiger partial charge in [-0.2, -0.15) is 0 Å². The van der Waals surface area contributed by atoms with E-state index >= 15 is 0 Å². The Morgan fingerprint density at radius 2 is 2.24 bits per heavy atom. The topological polar surface area (TPSA) is 73.6 Å². The largest absolute Gasteiger partial charge is 0.485 e. The molecule has 1 aliphatic rings. The Bertz CT molecular complexity index is 408. The number of nitrogens with one attached hydrogen (secondary N) is 1. The number of ether oxygens (including phenoxy) is 2. The molecule has 92 valence electrons. The smallest absolute Gasteiger partial charge is 0.264 e. The molecule has 2 atom stereocenters. The Morgan fingerprint density at radius 3 is 2.94 bits per heavy atom. The monoisotopic (exact) mass is 236 g/mol. The number of benzene rings is 1. The molecule has 0 saturated carbocycles. The molecule has 0 spiro atoms. The summed E-state index contributed by atoms with van der Waals surface area (Å²) in [6.07, 6.45) is -0.612. The SMILES string of the molecule is C[C@H](CN)NC(=O)C1COc2ccccc2O1. The van der Waals surface area contributed by atoms with Crippen molar-refractivity contribution in [2.24, 2.45) is 5.73 Å². The standard InChI is InChI=1S/C12H16N2O3/c1-8(6-13)14-12(15)11-7-16-9-4-2-3-5-10(9)17-11/h2-5,8,11H,6-7,13H2,1H3,(H,14,15)/t8-,11?/m1/s1. The van der Waals surface area contributed by atoms with E-state index in [1.54, 1.807) is 6.07 Å². The lowest BCUT2D eigenvalue weighted by Gasteiger charge is -2.26. The maximum absolute atomic E-state index is 11.8. The van der Waals surface area contributed by atoms with E-state index in [0.29, 0.717) is 18.0 Å². The van der Waals surface area contributed by atoms with Crippen LogP contribution in [0.2, 0.25) is 0 Å². The summed E-state index contributed by atoms with van der Waals surface area (Å²) in [5.41, 5.74) is 5.44. The van der Waals surface area contributed by atoms with E-state index in [9.17, 15) is 4.79 Å². The molecule has 1 aliphatic heterocycles. The maximum atomic E-state index is 11.8. The molecule has 2 rings (SSSR count). The average Bonchev–Trinajstić information content (AvgIpc) is 2.38. The van der Waals surface area contributed by atoms with Gasteiger partial charge in [0.25, 0.3) is 5.91 Å². The van der Waals surface area contributed by atoms with Gasteiger partial charge in [0.2, 0.25) is 6.10 Å². The molecular formula is C12H16N2O3. The number of para-hydroxylation sites is 2. The van der Waals surface area contributed by atoms with Gasteiger partial charge in [-0.05, 0) is 19.1 Å². The zero-order valence-electron chi connectivity index (χ0n) is 9.68. The van der Waals surface area contributed by atoms with Crippen LogP contribution in [0.4, 0.5) is 0 Å². The molecule has 0 aromatic heterocycles. The quantitative estimate of drug-likeness (QED) is 0.791. The predicted octanol–water partition coefficient (Wildman–Crippen LogP) is 0.290. The second kappa shape index (κ2) is 5.05. The first kappa shape index (κ1) is 11.7. The third-order valence-corrected chi connectivity index (χ3v) is 2.54. The first-order chi connectivity index (χ1) is 8.20. The normalized spacial score (nSPS) is 19.5. The van der Waals surface area contributed by atoms with Crippen LogP contribution in [0.1, 0.15) is 6.92 Å². The van der Waals surface area contributed by atoms with Gasteiger partial charge in [0, 0.05) is 12.6 Å². The van der Waals surface area contributed by atoms with Crippen molar-refractivity contribution in [2.75, 3.05) is 13.2 Å². The highest BCUT2D eigenvalue weighted by molar-refractivity contribution is 5.82. The van der Waals surface area contributed by atoms with Gasteiger partial charge < -0.3 is 20.5 Å². The van der Waals surface area contributed by atoms with Crippen molar-refractivity contribution in [3.63, 3.8) is 0 Å². The zero-order valence-corrected chi connectivity index (χ0v) is 9.68. The lowest BCUT2D eigenvalue weighted by atomic mass is 10.2. The highest BCUT2D eigenvalue weighted by Gasteiger charge is 2.27. The van der Waals surface area contributed by atoms with Crippen LogP contribution in [0.25, 0.3) is 0 Å². The molecule has 1 aromatic rings. The van der Waals surface area contributed by atoms with E-state index < -0.39 is 6.10 Å². The number of hydrogen-bond donors (Lipinski definition) is 2. The van der Waals surface area contributed by atoms with Gasteiger partial charge in [-0.15, -0.1) is 0 Å². The molecule has 0 aliphatic carbocycles. The summed E-state index contributed by atoms with van der Waals surface area (Å²) in [6, 6.07) is 7.22. The number of nitrogens with two attached hydrogens (primary N) is 1. The molecule has 1 aromatic carbocycles. The predicted molar refractivity (Wildman–Crippen MR) is 63.0 cm³/mol. The highest BCUT2D eigenvalue weighted by atomic mass is 16.6. The number of amides is 1. The maximum Gasteiger partial charge on any atom is 0.264 e. The van der Waals surface area contributed by atoms with E-state index in [1.807, 2.05) is 25.1 Å². The van der Waals surface area contributed by atoms with Crippen molar-refractivity contribution in [1.82, 2.24) is 5.32 Å². The summed E-state index contributed by atoms with van der Waals surface area (Å²) >= 11 is 0. The fourth-order valence-electron chi connectivity index (χ4n) is 1.54. The summed E-state index contributed by atoms with van der Waals surface area (Å²) in [5.74, 6) is 1.07. The zero-order chi connectivity index (χ0) is 12.3. The van der Waals surface area contributed by atoms with Gasteiger partial charge in [-0.1, -0.05) is 12.1 Å². The fraction of sp³-hybridized carbons (Fsp3) is 0.417. The van der Waals surface area contributed by atoms with Gasteiger partial charge >= 0.3 is 0 Å². The van der Waals surface area contributed by atoms with Crippen molar-refractivity contribution >= 4 is 5.91 Å². The van der Waals surface area contributed by atoms with Crippen LogP contribution >= 0.6 is 0 Å². The average molecular weight is 236 g/mol. The van der Waals surface area contributed by atoms with Crippen LogP contribution in [-0.2, 0) is 4.79 Å². The Morgan fingerprint density at radius 1 is 1.53 bits per heavy atom. The van der Waals surface area contributed by atoms with Crippen molar-refractivity contribution in [3.8, 4) is 11.5 Å². The summed E-state index contributed by atoms with van der Waals surface area (Å²) in [6.45, 7) is 2.46. The molecule has 5 heteroatoms. The lowest BCUT2D eigenvalue weighted by molar-refractivity contribution is -0.130. The molecule has 0 saturated heterocycles. The Balaban J connectivity index is 2.00. The molecule has 17 heavy (non-hydrogen) atoms. The summed E-state index contributed by atoms with van der Waals surface area (Å²) < 4.78 is 11.0. The molecule has 3 N–H and O–H groups in total. The number of fused-ring (bicyclic) bond motifs is 1. The Labute approximate surface area is 99.9 Å². The van der Waals surface area contributed by atoms with Crippen molar-refractivity contribution in [1.29, 1.82) is 0 Å². The van der Waals surface area contributed by atoms with Crippen molar-refractivity contribution < 1.29 is 14.3 Å². The van der Waals surface area contributed by atoms with E-state index in [2.05, 4.69) is 5.32 Å². The number of hydrogen-bond acceptors (Lipinski definition) is 4. The minimum atomic E-state index is -0.612. The third-order valence-electron chi connectivity index (χ3n) is 2.54. The Kier molecular flexibility index (Phi) is 3.49. The molecule has 0 fully saturated rings. The van der Waals surface area contributed by atoms with Crippen molar-refractivity contribution in [3.05, 3.63) is 24.3 Å². The van der Waals surface area contributed by atoms with Gasteiger partial charge in [-0.25, -0.2) is 0 Å². The van der Waals surface area contributed by atoms with Crippen LogP contribution in [0.5, 0.6) is 11.5 Å². The van der Waals surface area contributed by atoms with Crippen molar-refractivity contribution in [2.45, 2.75) is 19.1 Å². The van der Waals surface area contributed by atoms with Gasteiger partial charge in [0.05, 0.1) is 0 Å². The minimum Gasteiger partial charge on any atom is -0.485 e. The minimum absolute atomic E-state index is 0.0664. The highest BCUT2D eigenvalue weighted by Crippen LogP contribution is 2.30. The van der Waals surface area contributed by atoms with Crippen LogP contribution < -0.4 is 20.5 Å². The van der Waals surface area contributed by atoms with Gasteiger partial charge in [0.15, 0.2) is 11.5 Å². The second-order valence-electron chi connectivity index (χ2n) is 4.01. The fourth-order valence-corrected chi connectivity index (χ4v) is 1.54. The third kappa shape index (κ3) is 2.68. The van der Waals surface area contributed by atoms with E-state index in [0.717, 1.165) is 0 Å². The molecule has 0 bridgehead atoms. The first-order valence-corrected chi connectivity index (χ1v) is 5.59. The summed E-state index contributed by atoms with van der Waals surface area (Å²) in [5, 5.41) is 2.76. The molecular weight excluding hydrogens is 220 g/mol. The van der Waals surface area contributed by atoms with Crippen LogP contribution in [-0.4, -0.2) is 31.2 Å². The molecule has 0 radical (unpaired) electrons. The van der Waals surface area contributed by atoms with E-state index in [1.165, 1.54) is 0 Å². The van der Waals surface area contributed by atoms with Gasteiger partial charge in [0.1, 0.15) is 6.61 Å². The second-order valence-corrected chi connectivity index (χ2v) is 4.01. The molecule has 1 unspecified atom stereocenters. The summed E-state index contributed by atoms with van der Waals surface area (Å²) in [4.78, 5) is 11.8. The van der Waals surface area contributed by atoms with Crippen LogP contribution in [0.3, 0.4) is 0 Å². The summed E-state index contributed by atoms with van der Waals surface area (Å²) in [7, 11) is 0. The number of carbonyl (C=O) groups is 1. The van der Waals surface area contributed by atoms with Crippen LogP contribution in [0, 0.1) is 0 Å². The first-order valence-electron chi connectivity index (χ1n) is 5.59. The number of rotatable bonds is 3. The van der Waals surface area contributed by atoms with E-state index in [-0.39, 0.29) is 18.6 Å². The van der Waals surface area contributed by atoms with Crippen LogP contribution in [0.15, 0.2) is 24.3 Å². The van der Waals surface area contributed by atoms with Gasteiger partial charge in [-0.3, -0.25) is 4.79 Å². The molecule has 1 amide bonds. The lowest BCUT2D eigenvalue weighted by Crippen LogP contribution is -2.48. The molecule has 5 nitrogen and oxygen atoms in total. The number of carbonyl (C=O) groups excluding carboxylic acids is 1.